The smallest absolute Gasteiger partial charge is 0.256 e. The Morgan fingerprint density at radius 3 is 2.40 bits per heavy atom. The Balaban J connectivity index is 1.94. The Bertz CT molecular complexity index is 778. The standard InChI is InChI=1S/C18H17Cl2NO3S/c1-23-13-7-11(8-14(10-13)24-2)18-21(5-6-25-18)17(22)15-4-3-12(19)9-16(15)20/h3-4,7-10,18H,5-6H2,1-2H3. The molecule has 3 rings (SSSR count). The predicted octanol–water partition coefficient (Wildman–Crippen LogP) is 4.90. The number of hydrogen-bond acceptors (Lipinski definition) is 4. The van der Waals surface area contributed by atoms with E-state index in [1.165, 1.54) is 0 Å². The lowest BCUT2D eigenvalue weighted by atomic mass is 10.1. The first kappa shape index (κ1) is 18.2. The van der Waals surface area contributed by atoms with Gasteiger partial charge in [-0.3, -0.25) is 4.79 Å². The molecular weight excluding hydrogens is 381 g/mol. The molecule has 1 amide bonds. The fourth-order valence-electron chi connectivity index (χ4n) is 2.74. The van der Waals surface area contributed by atoms with Crippen LogP contribution in [0.3, 0.4) is 0 Å². The van der Waals surface area contributed by atoms with E-state index in [9.17, 15) is 4.79 Å². The van der Waals surface area contributed by atoms with Gasteiger partial charge in [0, 0.05) is 23.4 Å². The molecule has 2 aromatic carbocycles. The van der Waals surface area contributed by atoms with Crippen molar-refractivity contribution in [3.63, 3.8) is 0 Å². The van der Waals surface area contributed by atoms with Crippen LogP contribution in [0.2, 0.25) is 10.0 Å². The van der Waals surface area contributed by atoms with Gasteiger partial charge in [-0.1, -0.05) is 23.2 Å². The molecule has 1 aliphatic heterocycles. The highest BCUT2D eigenvalue weighted by Crippen LogP contribution is 2.41. The third kappa shape index (κ3) is 3.84. The van der Waals surface area contributed by atoms with Crippen molar-refractivity contribution in [2.24, 2.45) is 0 Å². The minimum absolute atomic E-state index is 0.113. The SMILES string of the molecule is COc1cc(OC)cc(C2SCCN2C(=O)c2ccc(Cl)cc2Cl)c1. The highest BCUT2D eigenvalue weighted by Gasteiger charge is 2.32. The monoisotopic (exact) mass is 397 g/mol. The van der Waals surface area contributed by atoms with Crippen LogP contribution in [-0.2, 0) is 0 Å². The van der Waals surface area contributed by atoms with Crippen molar-refractivity contribution < 1.29 is 14.3 Å². The van der Waals surface area contributed by atoms with Crippen molar-refractivity contribution >= 4 is 40.9 Å². The first-order chi connectivity index (χ1) is 12.0. The number of rotatable bonds is 4. The predicted molar refractivity (Wildman–Crippen MR) is 102 cm³/mol. The van der Waals surface area contributed by atoms with Crippen molar-refractivity contribution in [2.75, 3.05) is 26.5 Å². The summed E-state index contributed by atoms with van der Waals surface area (Å²) in [7, 11) is 3.22. The molecular formula is C18H17Cl2NO3S. The second-order valence-corrected chi connectivity index (χ2v) is 7.52. The number of amides is 1. The molecule has 0 radical (unpaired) electrons. The number of carbonyl (C=O) groups is 1. The van der Waals surface area contributed by atoms with Crippen LogP contribution >= 0.6 is 35.0 Å². The molecule has 0 spiro atoms. The number of ether oxygens (including phenoxy) is 2. The molecule has 4 nitrogen and oxygen atoms in total. The lowest BCUT2D eigenvalue weighted by Gasteiger charge is -2.25. The van der Waals surface area contributed by atoms with Crippen LogP contribution in [0.15, 0.2) is 36.4 Å². The minimum atomic E-state index is -0.122. The average Bonchev–Trinajstić information content (AvgIpc) is 3.10. The van der Waals surface area contributed by atoms with Crippen LogP contribution in [0.1, 0.15) is 21.3 Å². The molecule has 0 aliphatic carbocycles. The minimum Gasteiger partial charge on any atom is -0.497 e. The van der Waals surface area contributed by atoms with E-state index in [0.717, 1.165) is 11.3 Å². The zero-order chi connectivity index (χ0) is 18.0. The van der Waals surface area contributed by atoms with Gasteiger partial charge in [0.1, 0.15) is 16.9 Å². The van der Waals surface area contributed by atoms with Gasteiger partial charge in [0.05, 0.1) is 24.8 Å². The molecule has 0 bridgehead atoms. The van der Waals surface area contributed by atoms with E-state index in [1.54, 1.807) is 44.2 Å². The van der Waals surface area contributed by atoms with Crippen molar-refractivity contribution in [1.82, 2.24) is 4.90 Å². The molecule has 1 atom stereocenters. The van der Waals surface area contributed by atoms with Gasteiger partial charge in [-0.15, -0.1) is 11.8 Å². The number of methoxy groups -OCH3 is 2. The van der Waals surface area contributed by atoms with Crippen LogP contribution in [0.4, 0.5) is 0 Å². The Morgan fingerprint density at radius 1 is 1.12 bits per heavy atom. The zero-order valence-corrected chi connectivity index (χ0v) is 16.1. The molecule has 25 heavy (non-hydrogen) atoms. The highest BCUT2D eigenvalue weighted by atomic mass is 35.5. The summed E-state index contributed by atoms with van der Waals surface area (Å²) < 4.78 is 10.7. The maximum Gasteiger partial charge on any atom is 0.256 e. The molecule has 0 aromatic heterocycles. The van der Waals surface area contributed by atoms with Crippen LogP contribution < -0.4 is 9.47 Å². The van der Waals surface area contributed by atoms with Gasteiger partial charge < -0.3 is 14.4 Å². The number of halogens is 2. The van der Waals surface area contributed by atoms with E-state index in [-0.39, 0.29) is 11.3 Å². The fraction of sp³-hybridized carbons (Fsp3) is 0.278. The quantitative estimate of drug-likeness (QED) is 0.735. The van der Waals surface area contributed by atoms with Crippen LogP contribution in [-0.4, -0.2) is 37.3 Å². The normalized spacial score (nSPS) is 16.8. The molecule has 1 saturated heterocycles. The molecule has 1 heterocycles. The molecule has 7 heteroatoms. The van der Waals surface area contributed by atoms with Crippen LogP contribution in [0.25, 0.3) is 0 Å². The number of carbonyl (C=O) groups excluding carboxylic acids is 1. The van der Waals surface area contributed by atoms with E-state index in [0.29, 0.717) is 33.7 Å². The second-order valence-electron chi connectivity index (χ2n) is 5.49. The Hall–Kier alpha value is -1.56. The van der Waals surface area contributed by atoms with Gasteiger partial charge in [-0.05, 0) is 35.9 Å². The van der Waals surface area contributed by atoms with Crippen molar-refractivity contribution in [3.8, 4) is 11.5 Å². The molecule has 132 valence electrons. The second kappa shape index (κ2) is 7.77. The van der Waals surface area contributed by atoms with Gasteiger partial charge in [-0.2, -0.15) is 0 Å². The van der Waals surface area contributed by atoms with Gasteiger partial charge in [0.25, 0.3) is 5.91 Å². The van der Waals surface area contributed by atoms with Gasteiger partial charge in [0.15, 0.2) is 0 Å². The van der Waals surface area contributed by atoms with Gasteiger partial charge in [-0.25, -0.2) is 0 Å². The summed E-state index contributed by atoms with van der Waals surface area (Å²) in [4.78, 5) is 14.8. The molecule has 2 aromatic rings. The van der Waals surface area contributed by atoms with Gasteiger partial charge in [0.2, 0.25) is 0 Å². The maximum atomic E-state index is 13.0. The lowest BCUT2D eigenvalue weighted by Crippen LogP contribution is -2.30. The average molecular weight is 398 g/mol. The first-order valence-electron chi connectivity index (χ1n) is 7.64. The van der Waals surface area contributed by atoms with Crippen LogP contribution in [0, 0.1) is 0 Å². The Labute approximate surface area is 161 Å². The summed E-state index contributed by atoms with van der Waals surface area (Å²) in [5.74, 6) is 2.12. The van der Waals surface area contributed by atoms with E-state index >= 15 is 0 Å². The van der Waals surface area contributed by atoms with E-state index in [4.69, 9.17) is 32.7 Å². The summed E-state index contributed by atoms with van der Waals surface area (Å²) in [6.07, 6.45) is 0. The molecule has 1 unspecified atom stereocenters. The summed E-state index contributed by atoms with van der Waals surface area (Å²) in [5, 5.41) is 0.742. The zero-order valence-electron chi connectivity index (χ0n) is 13.8. The topological polar surface area (TPSA) is 38.8 Å². The number of hydrogen-bond donors (Lipinski definition) is 0. The third-order valence-electron chi connectivity index (χ3n) is 3.97. The number of nitrogens with zero attached hydrogens (tertiary/aromatic N) is 1. The lowest BCUT2D eigenvalue weighted by molar-refractivity contribution is 0.0760. The third-order valence-corrected chi connectivity index (χ3v) is 5.78. The molecule has 1 aliphatic rings. The van der Waals surface area contributed by atoms with Crippen molar-refractivity contribution in [1.29, 1.82) is 0 Å². The summed E-state index contributed by atoms with van der Waals surface area (Å²) in [6.45, 7) is 0.645. The summed E-state index contributed by atoms with van der Waals surface area (Å²) in [5.41, 5.74) is 1.41. The van der Waals surface area contributed by atoms with E-state index in [2.05, 4.69) is 0 Å². The fourth-order valence-corrected chi connectivity index (χ4v) is 4.47. The number of benzene rings is 2. The largest absolute Gasteiger partial charge is 0.497 e. The molecule has 1 fully saturated rings. The maximum absolute atomic E-state index is 13.0. The molecule has 0 N–H and O–H groups in total. The Morgan fingerprint density at radius 2 is 1.80 bits per heavy atom. The van der Waals surface area contributed by atoms with E-state index < -0.39 is 0 Å². The Kier molecular flexibility index (Phi) is 5.67. The highest BCUT2D eigenvalue weighted by molar-refractivity contribution is 7.99. The van der Waals surface area contributed by atoms with Crippen molar-refractivity contribution in [2.45, 2.75) is 5.37 Å². The number of thioether (sulfide) groups is 1. The summed E-state index contributed by atoms with van der Waals surface area (Å²) in [6, 6.07) is 10.6. The van der Waals surface area contributed by atoms with E-state index in [1.807, 2.05) is 23.1 Å². The van der Waals surface area contributed by atoms with Gasteiger partial charge >= 0.3 is 0 Å². The molecule has 0 saturated carbocycles. The van der Waals surface area contributed by atoms with Crippen molar-refractivity contribution in [3.05, 3.63) is 57.6 Å². The summed E-state index contributed by atoms with van der Waals surface area (Å²) >= 11 is 13.8. The van der Waals surface area contributed by atoms with Crippen LogP contribution in [0.5, 0.6) is 11.5 Å². The first-order valence-corrected chi connectivity index (χ1v) is 9.44.